The van der Waals surface area contributed by atoms with Crippen molar-refractivity contribution >= 4 is 22.7 Å². The molecular formula is C34H30N4. The van der Waals surface area contributed by atoms with Crippen LogP contribution in [-0.4, -0.2) is 27.2 Å². The molecule has 0 radical (unpaired) electrons. The zero-order valence-electron chi connectivity index (χ0n) is 21.8. The van der Waals surface area contributed by atoms with Crippen molar-refractivity contribution in [1.29, 1.82) is 0 Å². The molecule has 2 atom stereocenters. The molecule has 4 aromatic rings. The molecule has 3 aliphatic heterocycles. The van der Waals surface area contributed by atoms with Crippen LogP contribution in [0.1, 0.15) is 34.1 Å². The minimum atomic E-state index is 0.411. The fourth-order valence-corrected chi connectivity index (χ4v) is 8.49. The summed E-state index contributed by atoms with van der Waals surface area (Å²) >= 11 is 0. The molecule has 3 aliphatic carbocycles. The van der Waals surface area contributed by atoms with Gasteiger partial charge in [-0.1, -0.05) is 72.8 Å². The van der Waals surface area contributed by atoms with Crippen LogP contribution in [-0.2, 0) is 0 Å². The van der Waals surface area contributed by atoms with E-state index in [0.717, 1.165) is 13.1 Å². The first-order chi connectivity index (χ1) is 18.7. The number of hydrogen-bond acceptors (Lipinski definition) is 4. The number of anilines is 4. The first-order valence-electron chi connectivity index (χ1n) is 13.8. The summed E-state index contributed by atoms with van der Waals surface area (Å²) in [5.74, 6) is 4.44. The number of para-hydroxylation sites is 4. The van der Waals surface area contributed by atoms with Gasteiger partial charge >= 0.3 is 0 Å². The van der Waals surface area contributed by atoms with Crippen molar-refractivity contribution in [1.82, 2.24) is 0 Å². The quantitative estimate of drug-likeness (QED) is 0.274. The van der Waals surface area contributed by atoms with Gasteiger partial charge in [0.1, 0.15) is 0 Å². The lowest BCUT2D eigenvalue weighted by molar-refractivity contribution is 0.236. The first kappa shape index (κ1) is 20.8. The van der Waals surface area contributed by atoms with E-state index in [4.69, 9.17) is 0 Å². The van der Waals surface area contributed by atoms with Gasteiger partial charge in [0.15, 0.2) is 11.6 Å². The summed E-state index contributed by atoms with van der Waals surface area (Å²) < 4.78 is 0. The maximum atomic E-state index is 2.64. The fourth-order valence-electron chi connectivity index (χ4n) is 8.49. The monoisotopic (exact) mass is 494 g/mol. The van der Waals surface area contributed by atoms with E-state index in [-0.39, 0.29) is 0 Å². The Bertz CT molecular complexity index is 1500. The standard InChI is InChI=1S/C34H30N4/c1-35-27-15-7-9-17-29(27)37-19-25-26(20-38-30-18-10-8-16-28(30)36(2)34(38)33(35)37)32-23-13-5-3-11-21(23)31(25)22-12-4-6-14-24(22)32/h3-18,25-26,31-32H,19-20H2,1-2H3. The van der Waals surface area contributed by atoms with E-state index in [9.17, 15) is 0 Å². The highest BCUT2D eigenvalue weighted by atomic mass is 15.5. The molecule has 0 spiro atoms. The van der Waals surface area contributed by atoms with Crippen LogP contribution in [0.2, 0.25) is 0 Å². The van der Waals surface area contributed by atoms with Crippen LogP contribution >= 0.6 is 0 Å². The third-order valence-electron chi connectivity index (χ3n) is 9.94. The highest BCUT2D eigenvalue weighted by molar-refractivity contribution is 5.89. The van der Waals surface area contributed by atoms with Gasteiger partial charge in [-0.2, -0.15) is 0 Å². The molecule has 0 amide bonds. The molecule has 4 aromatic carbocycles. The van der Waals surface area contributed by atoms with Crippen LogP contribution in [0.5, 0.6) is 0 Å². The Hall–Kier alpha value is -4.18. The van der Waals surface area contributed by atoms with Gasteiger partial charge in [0.05, 0.1) is 22.7 Å². The van der Waals surface area contributed by atoms with E-state index in [1.54, 1.807) is 22.3 Å². The van der Waals surface area contributed by atoms with Gasteiger partial charge in [-0.25, -0.2) is 0 Å². The molecule has 2 bridgehead atoms. The molecule has 0 N–H and O–H groups in total. The highest BCUT2D eigenvalue weighted by Crippen LogP contribution is 2.61. The van der Waals surface area contributed by atoms with Crippen molar-refractivity contribution in [2.75, 3.05) is 46.8 Å². The van der Waals surface area contributed by atoms with Gasteiger partial charge in [-0.05, 0) is 58.4 Å². The minimum Gasteiger partial charge on any atom is -0.326 e. The van der Waals surface area contributed by atoms with E-state index in [1.165, 1.54) is 34.4 Å². The summed E-state index contributed by atoms with van der Waals surface area (Å²) in [5, 5.41) is 0. The summed E-state index contributed by atoms with van der Waals surface area (Å²) in [6.07, 6.45) is 0. The lowest BCUT2D eigenvalue weighted by atomic mass is 9.54. The Morgan fingerprint density at radius 3 is 1.13 bits per heavy atom. The number of hydrogen-bond donors (Lipinski definition) is 0. The SMILES string of the molecule is CN1C2=C3N(C)c4ccccc4N3CC3C4c5ccccc5C(c5ccccc54)C3CN2c2ccccc21. The van der Waals surface area contributed by atoms with E-state index in [0.29, 0.717) is 23.7 Å². The molecule has 3 heterocycles. The molecule has 4 nitrogen and oxygen atoms in total. The minimum absolute atomic E-state index is 0.411. The van der Waals surface area contributed by atoms with Gasteiger partial charge in [-0.15, -0.1) is 0 Å². The molecule has 6 aliphatic rings. The molecule has 186 valence electrons. The second-order valence-corrected chi connectivity index (χ2v) is 11.5. The smallest absolute Gasteiger partial charge is 0.155 e. The van der Waals surface area contributed by atoms with Crippen molar-refractivity contribution in [2.24, 2.45) is 11.8 Å². The number of benzene rings is 4. The maximum Gasteiger partial charge on any atom is 0.155 e. The molecule has 4 heteroatoms. The molecule has 0 saturated heterocycles. The maximum absolute atomic E-state index is 2.64. The summed E-state index contributed by atoms with van der Waals surface area (Å²) in [4.78, 5) is 10.1. The Labute approximate surface area is 224 Å². The Morgan fingerprint density at radius 2 is 0.763 bits per heavy atom. The van der Waals surface area contributed by atoms with E-state index < -0.39 is 0 Å². The molecule has 38 heavy (non-hydrogen) atoms. The predicted molar refractivity (Wildman–Crippen MR) is 155 cm³/mol. The molecular weight excluding hydrogens is 464 g/mol. The topological polar surface area (TPSA) is 13.0 Å². The largest absolute Gasteiger partial charge is 0.326 e. The Morgan fingerprint density at radius 1 is 0.447 bits per heavy atom. The molecule has 0 saturated carbocycles. The molecule has 10 rings (SSSR count). The molecule has 0 aromatic heterocycles. The average molecular weight is 495 g/mol. The zero-order chi connectivity index (χ0) is 25.1. The van der Waals surface area contributed by atoms with Gasteiger partial charge in [0.25, 0.3) is 0 Å². The molecule has 2 unspecified atom stereocenters. The first-order valence-corrected chi connectivity index (χ1v) is 13.8. The second kappa shape index (κ2) is 7.22. The predicted octanol–water partition coefficient (Wildman–Crippen LogP) is 6.56. The zero-order valence-corrected chi connectivity index (χ0v) is 21.8. The lowest BCUT2D eigenvalue weighted by Crippen LogP contribution is -2.52. The second-order valence-electron chi connectivity index (χ2n) is 11.5. The third-order valence-corrected chi connectivity index (χ3v) is 9.94. The van der Waals surface area contributed by atoms with Crippen molar-refractivity contribution < 1.29 is 0 Å². The van der Waals surface area contributed by atoms with Crippen molar-refractivity contribution in [3.8, 4) is 0 Å². The summed E-state index contributed by atoms with van der Waals surface area (Å²) in [6, 6.07) is 36.5. The van der Waals surface area contributed by atoms with Crippen molar-refractivity contribution in [3.05, 3.63) is 131 Å². The van der Waals surface area contributed by atoms with Crippen molar-refractivity contribution in [3.63, 3.8) is 0 Å². The van der Waals surface area contributed by atoms with Crippen LogP contribution in [0, 0.1) is 11.8 Å². The average Bonchev–Trinajstić information content (AvgIpc) is 3.37. The fraction of sp³-hybridized carbons (Fsp3) is 0.235. The van der Waals surface area contributed by atoms with Gasteiger partial charge in [0, 0.05) is 39.0 Å². The number of nitrogens with zero attached hydrogens (tertiary/aromatic N) is 4. The van der Waals surface area contributed by atoms with E-state index >= 15 is 0 Å². The third kappa shape index (κ3) is 2.42. The summed E-state index contributed by atoms with van der Waals surface area (Å²) in [7, 11) is 4.49. The van der Waals surface area contributed by atoms with E-state index in [1.807, 2.05) is 0 Å². The van der Waals surface area contributed by atoms with Gasteiger partial charge in [-0.3, -0.25) is 0 Å². The number of fused-ring (bicyclic) bond motifs is 6. The van der Waals surface area contributed by atoms with Crippen LogP contribution in [0.15, 0.2) is 109 Å². The van der Waals surface area contributed by atoms with Crippen molar-refractivity contribution in [2.45, 2.75) is 11.8 Å². The summed E-state index contributed by atoms with van der Waals surface area (Å²) in [5.41, 5.74) is 11.4. The van der Waals surface area contributed by atoms with Gasteiger partial charge < -0.3 is 19.6 Å². The molecule has 0 fully saturated rings. The Kier molecular flexibility index (Phi) is 3.96. The van der Waals surface area contributed by atoms with Crippen LogP contribution in [0.4, 0.5) is 22.7 Å². The number of rotatable bonds is 0. The van der Waals surface area contributed by atoms with Crippen LogP contribution in [0.25, 0.3) is 0 Å². The highest BCUT2D eigenvalue weighted by Gasteiger charge is 2.54. The van der Waals surface area contributed by atoms with Gasteiger partial charge in [0.2, 0.25) is 0 Å². The lowest BCUT2D eigenvalue weighted by Gasteiger charge is -2.54. The van der Waals surface area contributed by atoms with Crippen LogP contribution < -0.4 is 19.6 Å². The normalized spacial score (nSPS) is 25.6. The summed E-state index contributed by atoms with van der Waals surface area (Å²) in [6.45, 7) is 2.04. The van der Waals surface area contributed by atoms with E-state index in [2.05, 4.69) is 131 Å². The Balaban J connectivity index is 1.33. The van der Waals surface area contributed by atoms with Crippen LogP contribution in [0.3, 0.4) is 0 Å².